The molecule has 0 spiro atoms. The smallest absolute Gasteiger partial charge is 0.142 e. The predicted molar refractivity (Wildman–Crippen MR) is 83.0 cm³/mol. The van der Waals surface area contributed by atoms with Crippen LogP contribution in [0.1, 0.15) is 37.8 Å². The zero-order chi connectivity index (χ0) is 14.5. The van der Waals surface area contributed by atoms with Gasteiger partial charge in [-0.15, -0.1) is 0 Å². The molecule has 1 heterocycles. The molecule has 1 N–H and O–H groups in total. The molecule has 0 saturated heterocycles. The second-order valence-electron chi connectivity index (χ2n) is 5.10. The Morgan fingerprint density at radius 2 is 2.25 bits per heavy atom. The summed E-state index contributed by atoms with van der Waals surface area (Å²) in [5.41, 5.74) is 1.05. The molecular weight excluding hydrogens is 297 g/mol. The van der Waals surface area contributed by atoms with Gasteiger partial charge in [0.1, 0.15) is 5.75 Å². The summed E-state index contributed by atoms with van der Waals surface area (Å²) in [5, 5.41) is 4.87. The average Bonchev–Trinajstić information content (AvgIpc) is 2.40. The van der Waals surface area contributed by atoms with Crippen molar-refractivity contribution in [2.45, 2.75) is 38.3 Å². The Morgan fingerprint density at radius 1 is 1.45 bits per heavy atom. The van der Waals surface area contributed by atoms with Crippen LogP contribution in [0.3, 0.4) is 0 Å². The first-order chi connectivity index (χ1) is 9.65. The highest BCUT2D eigenvalue weighted by atomic mass is 35.5. The quantitative estimate of drug-likeness (QED) is 0.852. The fourth-order valence-corrected chi connectivity index (χ4v) is 3.21. The molecule has 0 bridgehead atoms. The molecule has 2 rings (SSSR count). The molecule has 5 heteroatoms. The van der Waals surface area contributed by atoms with Crippen LogP contribution in [0.25, 0.3) is 0 Å². The van der Waals surface area contributed by atoms with Crippen molar-refractivity contribution < 1.29 is 9.47 Å². The first-order valence-electron chi connectivity index (χ1n) is 7.02. The van der Waals surface area contributed by atoms with Crippen LogP contribution in [0, 0.1) is 0 Å². The van der Waals surface area contributed by atoms with Crippen molar-refractivity contribution in [1.82, 2.24) is 5.32 Å². The van der Waals surface area contributed by atoms with E-state index in [2.05, 4.69) is 12.2 Å². The molecule has 2 atom stereocenters. The van der Waals surface area contributed by atoms with Crippen LogP contribution in [-0.4, -0.2) is 26.4 Å². The molecule has 1 aromatic carbocycles. The third kappa shape index (κ3) is 3.79. The van der Waals surface area contributed by atoms with Gasteiger partial charge >= 0.3 is 0 Å². The van der Waals surface area contributed by atoms with E-state index < -0.39 is 0 Å². The van der Waals surface area contributed by atoms with Crippen molar-refractivity contribution in [3.05, 3.63) is 27.7 Å². The van der Waals surface area contributed by atoms with Crippen molar-refractivity contribution in [3.63, 3.8) is 0 Å². The van der Waals surface area contributed by atoms with Crippen LogP contribution < -0.4 is 10.1 Å². The van der Waals surface area contributed by atoms with Gasteiger partial charge in [-0.25, -0.2) is 0 Å². The van der Waals surface area contributed by atoms with Crippen LogP contribution in [0.4, 0.5) is 0 Å². The zero-order valence-electron chi connectivity index (χ0n) is 11.9. The maximum absolute atomic E-state index is 6.21. The number of benzene rings is 1. The number of ether oxygens (including phenoxy) is 2. The molecule has 112 valence electrons. The number of rotatable bonds is 6. The van der Waals surface area contributed by atoms with Crippen molar-refractivity contribution in [1.29, 1.82) is 0 Å². The van der Waals surface area contributed by atoms with E-state index in [0.29, 0.717) is 29.3 Å². The Hall–Kier alpha value is -0.480. The molecule has 2 unspecified atom stereocenters. The van der Waals surface area contributed by atoms with Gasteiger partial charge < -0.3 is 14.8 Å². The van der Waals surface area contributed by atoms with E-state index in [1.807, 2.05) is 6.07 Å². The van der Waals surface area contributed by atoms with Gasteiger partial charge in [0, 0.05) is 36.2 Å². The Bertz CT molecular complexity index is 448. The van der Waals surface area contributed by atoms with Gasteiger partial charge in [0.25, 0.3) is 0 Å². The summed E-state index contributed by atoms with van der Waals surface area (Å²) in [6, 6.07) is 4.21. The van der Waals surface area contributed by atoms with Crippen LogP contribution in [-0.2, 0) is 4.74 Å². The highest BCUT2D eigenvalue weighted by molar-refractivity contribution is 6.35. The van der Waals surface area contributed by atoms with Gasteiger partial charge in [-0.2, -0.15) is 0 Å². The van der Waals surface area contributed by atoms with Crippen molar-refractivity contribution in [2.75, 3.05) is 20.3 Å². The molecule has 20 heavy (non-hydrogen) atoms. The first-order valence-corrected chi connectivity index (χ1v) is 7.78. The van der Waals surface area contributed by atoms with Gasteiger partial charge in [-0.1, -0.05) is 36.5 Å². The van der Waals surface area contributed by atoms with E-state index in [1.54, 1.807) is 13.2 Å². The zero-order valence-corrected chi connectivity index (χ0v) is 13.4. The number of hydrogen-bond acceptors (Lipinski definition) is 3. The number of halogens is 2. The summed E-state index contributed by atoms with van der Waals surface area (Å²) in [5.74, 6) is 0.757. The third-order valence-corrected chi connectivity index (χ3v) is 4.01. The fraction of sp³-hybridized carbons (Fsp3) is 0.600. The van der Waals surface area contributed by atoms with Gasteiger partial charge in [-0.3, -0.25) is 0 Å². The molecule has 1 aliphatic rings. The summed E-state index contributed by atoms with van der Waals surface area (Å²) in [4.78, 5) is 0. The highest BCUT2D eigenvalue weighted by Gasteiger charge is 2.26. The van der Waals surface area contributed by atoms with Gasteiger partial charge in [0.05, 0.1) is 18.2 Å². The monoisotopic (exact) mass is 317 g/mol. The summed E-state index contributed by atoms with van der Waals surface area (Å²) >= 11 is 12.3. The lowest BCUT2D eigenvalue weighted by molar-refractivity contribution is 0.148. The molecule has 0 fully saturated rings. The van der Waals surface area contributed by atoms with Crippen molar-refractivity contribution in [2.24, 2.45) is 0 Å². The maximum Gasteiger partial charge on any atom is 0.142 e. The lowest BCUT2D eigenvalue weighted by Crippen LogP contribution is -2.38. The fourth-order valence-electron chi connectivity index (χ4n) is 2.65. The molecular formula is C15H21Cl2NO2. The van der Waals surface area contributed by atoms with Crippen LogP contribution in [0.2, 0.25) is 10.0 Å². The van der Waals surface area contributed by atoms with Crippen LogP contribution in [0.15, 0.2) is 12.1 Å². The molecule has 1 aromatic rings. The predicted octanol–water partition coefficient (Wildman–Crippen LogP) is 4.22. The lowest BCUT2D eigenvalue weighted by Gasteiger charge is -2.31. The largest absolute Gasteiger partial charge is 0.492 e. The maximum atomic E-state index is 6.21. The summed E-state index contributed by atoms with van der Waals surface area (Å²) < 4.78 is 11.0. The molecule has 0 aliphatic carbocycles. The molecule has 0 radical (unpaired) electrons. The van der Waals surface area contributed by atoms with Gasteiger partial charge in [0.15, 0.2) is 0 Å². The van der Waals surface area contributed by atoms with E-state index >= 15 is 0 Å². The van der Waals surface area contributed by atoms with E-state index in [-0.39, 0.29) is 6.04 Å². The van der Waals surface area contributed by atoms with Gasteiger partial charge in [-0.05, 0) is 18.6 Å². The normalized spacial score (nSPS) is 19.3. The lowest BCUT2D eigenvalue weighted by atomic mass is 9.99. The molecule has 3 nitrogen and oxygen atoms in total. The van der Waals surface area contributed by atoms with Crippen LogP contribution >= 0.6 is 23.2 Å². The Labute approximate surface area is 130 Å². The molecule has 1 aliphatic heterocycles. The topological polar surface area (TPSA) is 30.5 Å². The number of fused-ring (bicyclic) bond motifs is 1. The second-order valence-corrected chi connectivity index (χ2v) is 5.95. The minimum atomic E-state index is 0.210. The molecule has 0 amide bonds. The Kier molecular flexibility index (Phi) is 5.97. The van der Waals surface area contributed by atoms with Crippen molar-refractivity contribution in [3.8, 4) is 5.75 Å². The molecule has 0 saturated carbocycles. The standard InChI is InChI=1S/C15H21Cl2NO2/c1-3-4-11(9-19-2)18-14-5-6-20-15-12(14)7-10(16)8-13(15)17/h7-8,11,14,18H,3-6,9H2,1-2H3. The van der Waals surface area contributed by atoms with Crippen LogP contribution in [0.5, 0.6) is 5.75 Å². The number of nitrogens with one attached hydrogen (secondary N) is 1. The number of hydrogen-bond donors (Lipinski definition) is 1. The SMILES string of the molecule is CCCC(COC)NC1CCOc2c(Cl)cc(Cl)cc21. The highest BCUT2D eigenvalue weighted by Crippen LogP contribution is 2.40. The second kappa shape index (κ2) is 7.51. The van der Waals surface area contributed by atoms with E-state index in [4.69, 9.17) is 32.7 Å². The van der Waals surface area contributed by atoms with E-state index in [1.165, 1.54) is 0 Å². The van der Waals surface area contributed by atoms with Crippen molar-refractivity contribution >= 4 is 23.2 Å². The molecule has 0 aromatic heterocycles. The van der Waals surface area contributed by atoms with Gasteiger partial charge in [0.2, 0.25) is 0 Å². The summed E-state index contributed by atoms with van der Waals surface area (Å²) in [7, 11) is 1.73. The minimum Gasteiger partial charge on any atom is -0.492 e. The third-order valence-electron chi connectivity index (χ3n) is 3.51. The van der Waals surface area contributed by atoms with E-state index in [9.17, 15) is 0 Å². The Balaban J connectivity index is 2.19. The minimum absolute atomic E-state index is 0.210. The summed E-state index contributed by atoms with van der Waals surface area (Å²) in [6.07, 6.45) is 3.11. The average molecular weight is 318 g/mol. The summed E-state index contributed by atoms with van der Waals surface area (Å²) in [6.45, 7) is 3.54. The Morgan fingerprint density at radius 3 is 2.95 bits per heavy atom. The van der Waals surface area contributed by atoms with E-state index in [0.717, 1.165) is 30.6 Å². The first kappa shape index (κ1) is 15.9. The number of methoxy groups -OCH3 is 1.